The Morgan fingerprint density at radius 3 is 2.94 bits per heavy atom. The van der Waals surface area contributed by atoms with Crippen LogP contribution in [0.5, 0.6) is 0 Å². The van der Waals surface area contributed by atoms with Crippen molar-refractivity contribution in [2.24, 2.45) is 17.8 Å². The maximum Gasteiger partial charge on any atom is 0.133 e. The van der Waals surface area contributed by atoms with Gasteiger partial charge in [0.25, 0.3) is 0 Å². The molecule has 1 unspecified atom stereocenters. The third-order valence-corrected chi connectivity index (χ3v) is 4.30. The minimum Gasteiger partial charge on any atom is -0.300 e. The van der Waals surface area contributed by atoms with Crippen LogP contribution < -0.4 is 0 Å². The first kappa shape index (κ1) is 11.4. The Hall–Kier alpha value is -1.10. The van der Waals surface area contributed by atoms with Gasteiger partial charge in [-0.25, -0.2) is 0 Å². The van der Waals surface area contributed by atoms with Crippen molar-refractivity contribution in [3.05, 3.63) is 12.2 Å². The van der Waals surface area contributed by atoms with E-state index in [1.807, 2.05) is 0 Å². The molecule has 0 radical (unpaired) electrons. The number of ketones is 1. The predicted octanol–water partition coefficient (Wildman–Crippen LogP) is 3.24. The highest BCUT2D eigenvalue weighted by atomic mass is 16.1. The molecule has 2 heteroatoms. The van der Waals surface area contributed by atoms with Gasteiger partial charge in [-0.2, -0.15) is 5.26 Å². The molecule has 0 bridgehead atoms. The van der Waals surface area contributed by atoms with Gasteiger partial charge in [0.15, 0.2) is 0 Å². The lowest BCUT2D eigenvalue weighted by Crippen LogP contribution is -2.35. The van der Waals surface area contributed by atoms with Crippen LogP contribution in [0.2, 0.25) is 0 Å². The molecule has 2 saturated carbocycles. The lowest BCUT2D eigenvalue weighted by atomic mass is 9.62. The largest absolute Gasteiger partial charge is 0.300 e. The summed E-state index contributed by atoms with van der Waals surface area (Å²) in [5.74, 6) is 2.15. The van der Waals surface area contributed by atoms with Crippen LogP contribution in [0.25, 0.3) is 0 Å². The molecule has 0 N–H and O–H groups in total. The summed E-state index contributed by atoms with van der Waals surface area (Å²) in [6.07, 6.45) is 6.32. The van der Waals surface area contributed by atoms with Crippen LogP contribution >= 0.6 is 0 Å². The van der Waals surface area contributed by atoms with Crippen molar-refractivity contribution in [1.29, 1.82) is 5.26 Å². The zero-order valence-electron chi connectivity index (χ0n) is 9.74. The number of Topliss-reactive ketones (excluding diaryl/α,β-unsaturated/α-hetero) is 1. The van der Waals surface area contributed by atoms with Crippen molar-refractivity contribution in [2.75, 3.05) is 0 Å². The number of hydrogen-bond acceptors (Lipinski definition) is 2. The van der Waals surface area contributed by atoms with E-state index < -0.39 is 0 Å². The van der Waals surface area contributed by atoms with Gasteiger partial charge in [-0.1, -0.05) is 12.2 Å². The van der Waals surface area contributed by atoms with Gasteiger partial charge in [0, 0.05) is 19.3 Å². The van der Waals surface area contributed by atoms with Crippen molar-refractivity contribution >= 4 is 5.78 Å². The van der Waals surface area contributed by atoms with E-state index in [2.05, 4.69) is 12.6 Å². The average Bonchev–Trinajstić information content (AvgIpc) is 2.28. The lowest BCUT2D eigenvalue weighted by molar-refractivity contribution is -0.123. The molecule has 0 aromatic rings. The summed E-state index contributed by atoms with van der Waals surface area (Å²) in [6.45, 7) is 4.16. The van der Waals surface area contributed by atoms with E-state index in [1.165, 1.54) is 5.57 Å². The zero-order chi connectivity index (χ0) is 11.5. The second-order valence-corrected chi connectivity index (χ2v) is 5.21. The minimum absolute atomic E-state index is 0.438. The molecule has 0 spiro atoms. The van der Waals surface area contributed by atoms with Crippen molar-refractivity contribution in [3.8, 4) is 6.07 Å². The molecule has 2 aliphatic carbocycles. The molecular formula is C14H19NO. The third kappa shape index (κ3) is 2.19. The van der Waals surface area contributed by atoms with E-state index in [-0.39, 0.29) is 0 Å². The molecule has 0 saturated heterocycles. The maximum atomic E-state index is 11.4. The van der Waals surface area contributed by atoms with E-state index in [9.17, 15) is 4.79 Å². The van der Waals surface area contributed by atoms with Gasteiger partial charge in [0.1, 0.15) is 5.78 Å². The average molecular weight is 217 g/mol. The van der Waals surface area contributed by atoms with E-state index >= 15 is 0 Å². The van der Waals surface area contributed by atoms with Crippen LogP contribution in [0, 0.1) is 29.1 Å². The Balaban J connectivity index is 2.06. The summed E-state index contributed by atoms with van der Waals surface area (Å²) in [6, 6.07) is 2.23. The molecule has 0 aromatic heterocycles. The standard InChI is InChI=1S/C14H19NO/c1-10-4-5-11-9-12(16)6-7-14(11)13(10)3-2-8-15/h11,13-14H,1-7,9H2/t11-,13?,14-/m1/s1. The molecule has 16 heavy (non-hydrogen) atoms. The molecule has 0 heterocycles. The number of allylic oxidation sites excluding steroid dienone is 1. The van der Waals surface area contributed by atoms with Gasteiger partial charge in [0.2, 0.25) is 0 Å². The second-order valence-electron chi connectivity index (χ2n) is 5.21. The maximum absolute atomic E-state index is 11.4. The van der Waals surface area contributed by atoms with Crippen molar-refractivity contribution in [3.63, 3.8) is 0 Å². The minimum atomic E-state index is 0.438. The lowest BCUT2D eigenvalue weighted by Gasteiger charge is -2.42. The third-order valence-electron chi connectivity index (χ3n) is 4.30. The molecule has 2 nitrogen and oxygen atoms in total. The highest BCUT2D eigenvalue weighted by Crippen LogP contribution is 2.46. The van der Waals surface area contributed by atoms with E-state index in [1.54, 1.807) is 0 Å². The quantitative estimate of drug-likeness (QED) is 0.666. The smallest absolute Gasteiger partial charge is 0.133 e. The summed E-state index contributed by atoms with van der Waals surface area (Å²) < 4.78 is 0. The second kappa shape index (κ2) is 4.82. The Labute approximate surface area is 97.3 Å². The zero-order valence-corrected chi connectivity index (χ0v) is 9.74. The molecule has 0 aromatic carbocycles. The normalized spacial score (nSPS) is 34.3. The summed E-state index contributed by atoms with van der Waals surface area (Å²) in [7, 11) is 0. The van der Waals surface area contributed by atoms with Crippen LogP contribution in [-0.4, -0.2) is 5.78 Å². The van der Waals surface area contributed by atoms with Gasteiger partial charge in [-0.3, -0.25) is 4.79 Å². The van der Waals surface area contributed by atoms with E-state index in [0.29, 0.717) is 30.0 Å². The first-order valence-electron chi connectivity index (χ1n) is 6.28. The van der Waals surface area contributed by atoms with Gasteiger partial charge in [-0.05, 0) is 43.4 Å². The Kier molecular flexibility index (Phi) is 3.43. The van der Waals surface area contributed by atoms with E-state index in [4.69, 9.17) is 5.26 Å². The highest BCUT2D eigenvalue weighted by molar-refractivity contribution is 5.79. The number of nitriles is 1. The van der Waals surface area contributed by atoms with Gasteiger partial charge in [0.05, 0.1) is 6.07 Å². The first-order chi connectivity index (χ1) is 7.72. The monoisotopic (exact) mass is 217 g/mol. The molecule has 86 valence electrons. The number of fused-ring (bicyclic) bond motifs is 1. The molecule has 3 atom stereocenters. The summed E-state index contributed by atoms with van der Waals surface area (Å²) in [5, 5.41) is 8.69. The Bertz CT molecular complexity index is 339. The van der Waals surface area contributed by atoms with Crippen molar-refractivity contribution in [1.82, 2.24) is 0 Å². The molecule has 2 aliphatic rings. The van der Waals surface area contributed by atoms with Crippen molar-refractivity contribution < 1.29 is 4.79 Å². The molecular weight excluding hydrogens is 198 g/mol. The molecule has 0 amide bonds. The number of rotatable bonds is 2. The number of nitrogens with zero attached hydrogens (tertiary/aromatic N) is 1. The van der Waals surface area contributed by atoms with E-state index in [0.717, 1.165) is 38.5 Å². The van der Waals surface area contributed by atoms with Crippen LogP contribution in [0.4, 0.5) is 0 Å². The van der Waals surface area contributed by atoms with Gasteiger partial charge >= 0.3 is 0 Å². The molecule has 0 aliphatic heterocycles. The van der Waals surface area contributed by atoms with Crippen LogP contribution in [0.3, 0.4) is 0 Å². The van der Waals surface area contributed by atoms with Crippen LogP contribution in [-0.2, 0) is 4.79 Å². The number of carbonyl (C=O) groups excluding carboxylic acids is 1. The van der Waals surface area contributed by atoms with Crippen molar-refractivity contribution in [2.45, 2.75) is 44.9 Å². The number of carbonyl (C=O) groups is 1. The summed E-state index contributed by atoms with van der Waals surface area (Å²) >= 11 is 0. The van der Waals surface area contributed by atoms with Crippen LogP contribution in [0.1, 0.15) is 44.9 Å². The summed E-state index contributed by atoms with van der Waals surface area (Å²) in [5.41, 5.74) is 1.32. The highest BCUT2D eigenvalue weighted by Gasteiger charge is 2.38. The Morgan fingerprint density at radius 2 is 2.19 bits per heavy atom. The summed E-state index contributed by atoms with van der Waals surface area (Å²) in [4.78, 5) is 11.4. The first-order valence-corrected chi connectivity index (χ1v) is 6.28. The predicted molar refractivity (Wildman–Crippen MR) is 62.5 cm³/mol. The Morgan fingerprint density at radius 1 is 1.38 bits per heavy atom. The fourth-order valence-electron chi connectivity index (χ4n) is 3.45. The topological polar surface area (TPSA) is 40.9 Å². The molecule has 2 rings (SSSR count). The molecule has 2 fully saturated rings. The fraction of sp³-hybridized carbons (Fsp3) is 0.714. The SMILES string of the molecule is C=C1CC[C@@H]2CC(=O)CC[C@H]2C1CCC#N. The number of hydrogen-bond donors (Lipinski definition) is 0. The van der Waals surface area contributed by atoms with Crippen LogP contribution in [0.15, 0.2) is 12.2 Å². The van der Waals surface area contributed by atoms with Gasteiger partial charge < -0.3 is 0 Å². The van der Waals surface area contributed by atoms with Gasteiger partial charge in [-0.15, -0.1) is 0 Å². The fourth-order valence-corrected chi connectivity index (χ4v) is 3.45.